The highest BCUT2D eigenvalue weighted by molar-refractivity contribution is 7.99. The first-order chi connectivity index (χ1) is 12.0. The van der Waals surface area contributed by atoms with Gasteiger partial charge in [0.25, 0.3) is 0 Å². The maximum Gasteiger partial charge on any atom is 0.173 e. The molecule has 0 fully saturated rings. The van der Waals surface area contributed by atoms with Crippen LogP contribution in [-0.4, -0.2) is 21.5 Å². The zero-order valence-electron chi connectivity index (χ0n) is 13.4. The Bertz CT molecular complexity index is 916. The molecule has 2 aromatic carbocycles. The summed E-state index contributed by atoms with van der Waals surface area (Å²) >= 11 is 7.35. The fourth-order valence-corrected chi connectivity index (χ4v) is 3.27. The van der Waals surface area contributed by atoms with Crippen molar-refractivity contribution in [3.63, 3.8) is 0 Å². The van der Waals surface area contributed by atoms with Gasteiger partial charge < -0.3 is 0 Å². The van der Waals surface area contributed by atoms with E-state index in [1.807, 2.05) is 25.1 Å². The lowest BCUT2D eigenvalue weighted by Crippen LogP contribution is -2.03. The van der Waals surface area contributed by atoms with Gasteiger partial charge in [-0.25, -0.2) is 14.4 Å². The molecule has 6 heteroatoms. The number of aromatic nitrogens is 2. The molecule has 0 aliphatic heterocycles. The summed E-state index contributed by atoms with van der Waals surface area (Å²) in [6.07, 6.45) is 0. The summed E-state index contributed by atoms with van der Waals surface area (Å²) in [5, 5.41) is 1.32. The number of thioether (sulfide) groups is 1. The number of hydrogen-bond acceptors (Lipinski definition) is 4. The van der Waals surface area contributed by atoms with E-state index in [2.05, 4.69) is 9.97 Å². The Hall–Kier alpha value is -2.24. The molecule has 1 heterocycles. The molecule has 0 saturated carbocycles. The van der Waals surface area contributed by atoms with Gasteiger partial charge in [-0.2, -0.15) is 0 Å². The highest BCUT2D eigenvalue weighted by Gasteiger charge is 2.10. The first-order valence-corrected chi connectivity index (χ1v) is 8.91. The molecule has 25 heavy (non-hydrogen) atoms. The fraction of sp³-hybridized carbons (Fsp3) is 0.105. The highest BCUT2D eigenvalue weighted by Crippen LogP contribution is 2.24. The molecule has 0 bridgehead atoms. The van der Waals surface area contributed by atoms with E-state index in [4.69, 9.17) is 11.6 Å². The molecule has 1 aromatic heterocycles. The van der Waals surface area contributed by atoms with Gasteiger partial charge in [0.15, 0.2) is 11.6 Å². The predicted octanol–water partition coefficient (Wildman–Crippen LogP) is 5.22. The van der Waals surface area contributed by atoms with E-state index in [0.717, 1.165) is 11.3 Å². The molecule has 0 radical (unpaired) electrons. The average Bonchev–Trinajstić information content (AvgIpc) is 2.60. The van der Waals surface area contributed by atoms with Gasteiger partial charge in [-0.15, -0.1) is 0 Å². The van der Waals surface area contributed by atoms with Gasteiger partial charge in [-0.05, 0) is 49.4 Å². The SMILES string of the molecule is Cc1cc(SCC(=O)c2ccc(F)cc2)nc(-c2cccc(Cl)c2)n1. The van der Waals surface area contributed by atoms with Crippen LogP contribution in [0.15, 0.2) is 59.6 Å². The zero-order valence-corrected chi connectivity index (χ0v) is 14.9. The van der Waals surface area contributed by atoms with Crippen molar-refractivity contribution in [3.05, 3.63) is 76.7 Å². The monoisotopic (exact) mass is 372 g/mol. The second-order valence-corrected chi connectivity index (χ2v) is 6.83. The number of hydrogen-bond donors (Lipinski definition) is 0. The van der Waals surface area contributed by atoms with Crippen molar-refractivity contribution in [2.24, 2.45) is 0 Å². The maximum absolute atomic E-state index is 12.9. The molecule has 126 valence electrons. The van der Waals surface area contributed by atoms with Crippen molar-refractivity contribution in [2.45, 2.75) is 11.9 Å². The van der Waals surface area contributed by atoms with Crippen molar-refractivity contribution in [1.82, 2.24) is 9.97 Å². The van der Waals surface area contributed by atoms with Crippen molar-refractivity contribution in [3.8, 4) is 11.4 Å². The summed E-state index contributed by atoms with van der Waals surface area (Å²) in [6.45, 7) is 1.88. The van der Waals surface area contributed by atoms with Crippen LogP contribution in [0.4, 0.5) is 4.39 Å². The topological polar surface area (TPSA) is 42.9 Å². The molecule has 0 unspecified atom stereocenters. The summed E-state index contributed by atoms with van der Waals surface area (Å²) in [5.74, 6) is 0.350. The standard InChI is InChI=1S/C19H14ClFN2OS/c1-12-9-18(23-19(22-12)14-3-2-4-15(20)10-14)25-11-17(24)13-5-7-16(21)8-6-13/h2-10H,11H2,1H3. The predicted molar refractivity (Wildman–Crippen MR) is 98.7 cm³/mol. The van der Waals surface area contributed by atoms with Crippen LogP contribution < -0.4 is 0 Å². The van der Waals surface area contributed by atoms with E-state index in [1.54, 1.807) is 12.1 Å². The van der Waals surface area contributed by atoms with Gasteiger partial charge in [-0.3, -0.25) is 4.79 Å². The summed E-state index contributed by atoms with van der Waals surface area (Å²) in [5.41, 5.74) is 2.11. The van der Waals surface area contributed by atoms with E-state index in [1.165, 1.54) is 36.0 Å². The van der Waals surface area contributed by atoms with Crippen molar-refractivity contribution < 1.29 is 9.18 Å². The number of rotatable bonds is 5. The molecular formula is C19H14ClFN2OS. The molecule has 3 aromatic rings. The number of Topliss-reactive ketones (excluding diaryl/α,β-unsaturated/α-hetero) is 1. The van der Waals surface area contributed by atoms with E-state index in [-0.39, 0.29) is 17.4 Å². The second kappa shape index (κ2) is 7.76. The lowest BCUT2D eigenvalue weighted by Gasteiger charge is -2.06. The first kappa shape index (κ1) is 17.6. The van der Waals surface area contributed by atoms with Crippen molar-refractivity contribution in [2.75, 3.05) is 5.75 Å². The van der Waals surface area contributed by atoms with Crippen LogP contribution in [0.1, 0.15) is 16.1 Å². The lowest BCUT2D eigenvalue weighted by atomic mass is 10.1. The van der Waals surface area contributed by atoms with Crippen LogP contribution in [0.25, 0.3) is 11.4 Å². The van der Waals surface area contributed by atoms with Crippen LogP contribution in [-0.2, 0) is 0 Å². The first-order valence-electron chi connectivity index (χ1n) is 7.54. The number of benzene rings is 2. The quantitative estimate of drug-likeness (QED) is 0.350. The van der Waals surface area contributed by atoms with Crippen LogP contribution >= 0.6 is 23.4 Å². The van der Waals surface area contributed by atoms with Gasteiger partial charge >= 0.3 is 0 Å². The molecule has 0 N–H and O–H groups in total. The molecule has 0 atom stereocenters. The number of halogens is 2. The molecule has 3 nitrogen and oxygen atoms in total. The highest BCUT2D eigenvalue weighted by atomic mass is 35.5. The number of aryl methyl sites for hydroxylation is 1. The molecule has 3 rings (SSSR count). The molecular weight excluding hydrogens is 359 g/mol. The normalized spacial score (nSPS) is 10.7. The van der Waals surface area contributed by atoms with E-state index < -0.39 is 0 Å². The third kappa shape index (κ3) is 4.65. The summed E-state index contributed by atoms with van der Waals surface area (Å²) in [7, 11) is 0. The third-order valence-corrected chi connectivity index (χ3v) is 4.58. The minimum absolute atomic E-state index is 0.0782. The van der Waals surface area contributed by atoms with Gasteiger partial charge in [-0.1, -0.05) is 35.5 Å². The van der Waals surface area contributed by atoms with Gasteiger partial charge in [0.2, 0.25) is 0 Å². The summed E-state index contributed by atoms with van der Waals surface area (Å²) in [6, 6.07) is 14.7. The smallest absolute Gasteiger partial charge is 0.173 e. The summed E-state index contributed by atoms with van der Waals surface area (Å²) in [4.78, 5) is 21.1. The third-order valence-electron chi connectivity index (χ3n) is 3.43. The van der Waals surface area contributed by atoms with Crippen molar-refractivity contribution >= 4 is 29.1 Å². The Balaban J connectivity index is 1.76. The van der Waals surface area contributed by atoms with Crippen LogP contribution in [0.5, 0.6) is 0 Å². The van der Waals surface area contributed by atoms with Gasteiger partial charge in [0.05, 0.1) is 5.75 Å². The number of nitrogens with zero attached hydrogens (tertiary/aromatic N) is 2. The Morgan fingerprint density at radius 3 is 2.60 bits per heavy atom. The van der Waals surface area contributed by atoms with E-state index >= 15 is 0 Å². The summed E-state index contributed by atoms with van der Waals surface area (Å²) < 4.78 is 12.9. The molecule has 0 aliphatic rings. The Morgan fingerprint density at radius 1 is 1.12 bits per heavy atom. The maximum atomic E-state index is 12.9. The molecule has 0 saturated heterocycles. The molecule has 0 amide bonds. The number of carbonyl (C=O) groups excluding carboxylic acids is 1. The minimum Gasteiger partial charge on any atom is -0.293 e. The largest absolute Gasteiger partial charge is 0.293 e. The van der Waals surface area contributed by atoms with E-state index in [0.29, 0.717) is 21.4 Å². The van der Waals surface area contributed by atoms with Gasteiger partial charge in [0, 0.05) is 21.8 Å². The van der Waals surface area contributed by atoms with Gasteiger partial charge in [0.1, 0.15) is 10.8 Å². The average molecular weight is 373 g/mol. The number of ketones is 1. The lowest BCUT2D eigenvalue weighted by molar-refractivity contribution is 0.102. The van der Waals surface area contributed by atoms with Crippen LogP contribution in [0.3, 0.4) is 0 Å². The minimum atomic E-state index is -0.359. The number of carbonyl (C=O) groups is 1. The molecule has 0 spiro atoms. The van der Waals surface area contributed by atoms with Crippen LogP contribution in [0.2, 0.25) is 5.02 Å². The van der Waals surface area contributed by atoms with E-state index in [9.17, 15) is 9.18 Å². The van der Waals surface area contributed by atoms with Crippen molar-refractivity contribution in [1.29, 1.82) is 0 Å². The zero-order chi connectivity index (χ0) is 17.8. The second-order valence-electron chi connectivity index (χ2n) is 5.40. The molecule has 0 aliphatic carbocycles. The Morgan fingerprint density at radius 2 is 1.88 bits per heavy atom. The van der Waals surface area contributed by atoms with Crippen LogP contribution in [0, 0.1) is 12.7 Å². The Kier molecular flexibility index (Phi) is 5.46. The Labute approximate surface area is 154 Å². The fourth-order valence-electron chi connectivity index (χ4n) is 2.23.